The lowest BCUT2D eigenvalue weighted by Crippen LogP contribution is -2.45. The van der Waals surface area contributed by atoms with E-state index in [0.717, 1.165) is 67.8 Å². The minimum absolute atomic E-state index is 0.347. The third-order valence-electron chi connectivity index (χ3n) is 6.95. The van der Waals surface area contributed by atoms with Gasteiger partial charge in [-0.2, -0.15) is 5.10 Å². The minimum atomic E-state index is -0.347. The molecule has 2 aliphatic heterocycles. The molecule has 180 valence electrons. The van der Waals surface area contributed by atoms with E-state index in [0.29, 0.717) is 23.6 Å². The summed E-state index contributed by atoms with van der Waals surface area (Å²) in [5, 5.41) is 12.2. The zero-order chi connectivity index (χ0) is 23.8. The van der Waals surface area contributed by atoms with E-state index in [1.807, 2.05) is 6.07 Å². The molecular weight excluding hydrogens is 443 g/mol. The van der Waals surface area contributed by atoms with Gasteiger partial charge in [0.1, 0.15) is 17.3 Å². The summed E-state index contributed by atoms with van der Waals surface area (Å²) >= 11 is 0. The van der Waals surface area contributed by atoms with Crippen molar-refractivity contribution in [2.45, 2.75) is 13.0 Å². The molecule has 2 N–H and O–H groups in total. The number of fused-ring (bicyclic) bond motifs is 6. The van der Waals surface area contributed by atoms with Crippen molar-refractivity contribution in [1.29, 1.82) is 0 Å². The number of aromatic amines is 1. The molecule has 0 atom stereocenters. The Balaban J connectivity index is 1.47. The Labute approximate surface area is 203 Å². The van der Waals surface area contributed by atoms with Gasteiger partial charge in [0.25, 0.3) is 0 Å². The van der Waals surface area contributed by atoms with E-state index in [9.17, 15) is 4.39 Å². The number of nitrogens with zero attached hydrogens (tertiary/aromatic N) is 4. The number of aromatic nitrogens is 3. The van der Waals surface area contributed by atoms with Crippen molar-refractivity contribution in [2.75, 3.05) is 51.3 Å². The molecule has 2 aromatic carbocycles. The summed E-state index contributed by atoms with van der Waals surface area (Å²) in [7, 11) is 2.17. The maximum atomic E-state index is 15.0. The van der Waals surface area contributed by atoms with Crippen LogP contribution < -0.4 is 15.0 Å². The second-order valence-electron chi connectivity index (χ2n) is 9.31. The standard InChI is InChI=1S/C27H29FN6O/c1-33-9-11-34(12-10-33)24-7-6-18-14-19(24)16-29-8-3-13-35-25-5-2-4-21(28)26(25)22-15-20-23(17-30-22)31-32-27(18)20/h2,4-7,14-15,17,29H,3,8-13,16H2,1H3,(H,31,32). The number of likely N-dealkylation sites (N-methyl/N-ethyl adjacent to an activating group) is 1. The van der Waals surface area contributed by atoms with E-state index in [-0.39, 0.29) is 5.82 Å². The van der Waals surface area contributed by atoms with E-state index in [2.05, 4.69) is 55.5 Å². The Hall–Kier alpha value is -3.49. The van der Waals surface area contributed by atoms with Gasteiger partial charge in [0, 0.05) is 49.4 Å². The molecule has 35 heavy (non-hydrogen) atoms. The molecule has 0 amide bonds. The van der Waals surface area contributed by atoms with Crippen molar-refractivity contribution < 1.29 is 9.13 Å². The number of anilines is 1. The number of halogens is 1. The van der Waals surface area contributed by atoms with Gasteiger partial charge >= 0.3 is 0 Å². The van der Waals surface area contributed by atoms with Gasteiger partial charge in [-0.1, -0.05) is 12.1 Å². The van der Waals surface area contributed by atoms with Gasteiger partial charge in [0.2, 0.25) is 0 Å². The lowest BCUT2D eigenvalue weighted by Gasteiger charge is -2.35. The second-order valence-corrected chi connectivity index (χ2v) is 9.31. The fraction of sp³-hybridized carbons (Fsp3) is 0.333. The highest BCUT2D eigenvalue weighted by atomic mass is 19.1. The number of benzene rings is 2. The Kier molecular flexibility index (Phi) is 5.83. The maximum Gasteiger partial charge on any atom is 0.136 e. The third-order valence-corrected chi connectivity index (χ3v) is 6.95. The van der Waals surface area contributed by atoms with Gasteiger partial charge in [0.15, 0.2) is 0 Å². The first-order valence-corrected chi connectivity index (χ1v) is 12.2. The van der Waals surface area contributed by atoms with Crippen molar-refractivity contribution in [2.24, 2.45) is 0 Å². The Morgan fingerprint density at radius 1 is 1.06 bits per heavy atom. The summed E-state index contributed by atoms with van der Waals surface area (Å²) in [6.45, 7) is 6.20. The Morgan fingerprint density at radius 2 is 1.94 bits per heavy atom. The summed E-state index contributed by atoms with van der Waals surface area (Å²) in [6, 6.07) is 13.4. The molecule has 4 bridgehead atoms. The number of ether oxygens (including phenoxy) is 1. The first kappa shape index (κ1) is 22.0. The highest BCUT2D eigenvalue weighted by Gasteiger charge is 2.20. The molecule has 8 heteroatoms. The van der Waals surface area contributed by atoms with Crippen LogP contribution in [0.15, 0.2) is 48.7 Å². The topological polar surface area (TPSA) is 69.3 Å². The quantitative estimate of drug-likeness (QED) is 0.436. The number of nitrogens with one attached hydrogen (secondary N) is 2. The van der Waals surface area contributed by atoms with Crippen LogP contribution in [0.4, 0.5) is 10.1 Å². The zero-order valence-electron chi connectivity index (χ0n) is 19.9. The first-order valence-electron chi connectivity index (χ1n) is 12.2. The summed E-state index contributed by atoms with van der Waals surface area (Å²) in [6.07, 6.45) is 2.53. The smallest absolute Gasteiger partial charge is 0.136 e. The van der Waals surface area contributed by atoms with Gasteiger partial charge in [0.05, 0.1) is 29.6 Å². The molecule has 2 aromatic heterocycles. The second kappa shape index (κ2) is 9.28. The van der Waals surface area contributed by atoms with Gasteiger partial charge in [-0.3, -0.25) is 10.1 Å². The predicted molar refractivity (Wildman–Crippen MR) is 136 cm³/mol. The molecule has 1 fully saturated rings. The van der Waals surface area contributed by atoms with E-state index in [1.165, 1.54) is 17.3 Å². The van der Waals surface area contributed by atoms with Gasteiger partial charge in [-0.05, 0) is 55.9 Å². The molecule has 0 spiro atoms. The van der Waals surface area contributed by atoms with Crippen molar-refractivity contribution in [3.05, 3.63) is 60.0 Å². The third kappa shape index (κ3) is 4.24. The fourth-order valence-corrected chi connectivity index (χ4v) is 4.98. The lowest BCUT2D eigenvalue weighted by molar-refractivity contribution is 0.307. The molecule has 0 aliphatic carbocycles. The minimum Gasteiger partial charge on any atom is -0.493 e. The normalized spacial score (nSPS) is 17.0. The van der Waals surface area contributed by atoms with Crippen LogP contribution in [0.25, 0.3) is 33.4 Å². The van der Waals surface area contributed by atoms with E-state index < -0.39 is 0 Å². The van der Waals surface area contributed by atoms with Gasteiger partial charge in [-0.15, -0.1) is 0 Å². The van der Waals surface area contributed by atoms with E-state index >= 15 is 0 Å². The van der Waals surface area contributed by atoms with Crippen LogP contribution in [0, 0.1) is 5.82 Å². The molecule has 0 unspecified atom stereocenters. The highest BCUT2D eigenvalue weighted by molar-refractivity contribution is 5.95. The molecule has 0 radical (unpaired) electrons. The van der Waals surface area contributed by atoms with Crippen molar-refractivity contribution >= 4 is 16.6 Å². The van der Waals surface area contributed by atoms with Gasteiger partial charge in [-0.25, -0.2) is 4.39 Å². The Morgan fingerprint density at radius 3 is 2.83 bits per heavy atom. The van der Waals surface area contributed by atoms with Crippen LogP contribution in [-0.2, 0) is 6.54 Å². The molecule has 6 rings (SSSR count). The van der Waals surface area contributed by atoms with E-state index in [4.69, 9.17) is 4.74 Å². The molecule has 4 heterocycles. The summed E-state index contributed by atoms with van der Waals surface area (Å²) in [4.78, 5) is 9.37. The maximum absolute atomic E-state index is 15.0. The molecule has 0 saturated carbocycles. The molecule has 4 aromatic rings. The monoisotopic (exact) mass is 472 g/mol. The fourth-order valence-electron chi connectivity index (χ4n) is 4.98. The van der Waals surface area contributed by atoms with Crippen LogP contribution in [0.3, 0.4) is 0 Å². The summed E-state index contributed by atoms with van der Waals surface area (Å²) < 4.78 is 21.0. The molecule has 2 aliphatic rings. The van der Waals surface area contributed by atoms with Gasteiger partial charge < -0.3 is 19.9 Å². The van der Waals surface area contributed by atoms with Crippen LogP contribution in [0.2, 0.25) is 0 Å². The van der Waals surface area contributed by atoms with Crippen LogP contribution in [0.1, 0.15) is 12.0 Å². The lowest BCUT2D eigenvalue weighted by atomic mass is 10.0. The van der Waals surface area contributed by atoms with Crippen molar-refractivity contribution in [3.8, 4) is 28.3 Å². The molecule has 1 saturated heterocycles. The number of hydrogen-bond acceptors (Lipinski definition) is 6. The van der Waals surface area contributed by atoms with Crippen LogP contribution >= 0.6 is 0 Å². The number of piperazine rings is 1. The number of rotatable bonds is 1. The summed E-state index contributed by atoms with van der Waals surface area (Å²) in [5.74, 6) is 0.162. The average molecular weight is 473 g/mol. The van der Waals surface area contributed by atoms with Crippen LogP contribution in [-0.4, -0.2) is 66.5 Å². The Bertz CT molecular complexity index is 1360. The summed E-state index contributed by atoms with van der Waals surface area (Å²) in [5.41, 5.74) is 6.13. The number of H-pyrrole nitrogens is 1. The molecular formula is C27H29FN6O. The first-order chi connectivity index (χ1) is 17.2. The van der Waals surface area contributed by atoms with Crippen molar-refractivity contribution in [1.82, 2.24) is 25.4 Å². The number of hydrogen-bond donors (Lipinski definition) is 2. The molecule has 7 nitrogen and oxygen atoms in total. The SMILES string of the molecule is CN1CCN(c2ccc3cc2CNCCCOc2cccc(F)c2-c2cc4c-3n[nH]c4cn2)CC1. The van der Waals surface area contributed by atoms with Crippen molar-refractivity contribution in [3.63, 3.8) is 0 Å². The highest BCUT2D eigenvalue weighted by Crippen LogP contribution is 2.36. The zero-order valence-corrected chi connectivity index (χ0v) is 19.9. The number of pyridine rings is 1. The van der Waals surface area contributed by atoms with Crippen LogP contribution in [0.5, 0.6) is 5.75 Å². The van der Waals surface area contributed by atoms with E-state index in [1.54, 1.807) is 18.3 Å². The predicted octanol–water partition coefficient (Wildman–Crippen LogP) is 4.05. The largest absolute Gasteiger partial charge is 0.493 e. The average Bonchev–Trinajstić information content (AvgIpc) is 3.29.